The minimum atomic E-state index is -1.09. The second-order valence-electron chi connectivity index (χ2n) is 11.5. The number of rotatable bonds is 9. The molecule has 1 N–H and O–H groups in total. The summed E-state index contributed by atoms with van der Waals surface area (Å²) in [5, 5.41) is 13.9. The molecule has 3 aromatic rings. The maximum atomic E-state index is 11.7. The van der Waals surface area contributed by atoms with Crippen molar-refractivity contribution >= 4 is 11.5 Å². The molecule has 0 radical (unpaired) electrons. The molecule has 0 spiro atoms. The fraction of sp³-hybridized carbons (Fsp3) is 0.441. The molecule has 1 aliphatic carbocycles. The van der Waals surface area contributed by atoms with Crippen molar-refractivity contribution in [3.8, 4) is 11.7 Å². The van der Waals surface area contributed by atoms with Gasteiger partial charge in [-0.05, 0) is 92.8 Å². The Morgan fingerprint density at radius 1 is 1.12 bits per heavy atom. The molecule has 4 heterocycles. The van der Waals surface area contributed by atoms with E-state index in [9.17, 15) is 9.90 Å². The number of allylic oxidation sites excluding steroid dienone is 3. The minimum absolute atomic E-state index is 0.00193. The summed E-state index contributed by atoms with van der Waals surface area (Å²) in [6, 6.07) is 10.7. The van der Waals surface area contributed by atoms with E-state index in [1.165, 1.54) is 38.7 Å². The van der Waals surface area contributed by atoms with Crippen LogP contribution in [-0.4, -0.2) is 69.7 Å². The molecule has 3 aliphatic rings. The monoisotopic (exact) mass is 584 g/mol. The normalized spacial score (nSPS) is 19.1. The Bertz CT molecular complexity index is 1570. The van der Waals surface area contributed by atoms with Crippen LogP contribution in [0.15, 0.2) is 53.9 Å². The lowest BCUT2D eigenvalue weighted by Gasteiger charge is -2.25. The molecule has 1 fully saturated rings. The lowest BCUT2D eigenvalue weighted by molar-refractivity contribution is 0.0692. The van der Waals surface area contributed by atoms with Gasteiger partial charge in [0, 0.05) is 31.3 Å². The van der Waals surface area contributed by atoms with Gasteiger partial charge < -0.3 is 19.3 Å². The van der Waals surface area contributed by atoms with Crippen LogP contribution in [0.1, 0.15) is 71.4 Å². The number of aromatic carboxylic acids is 1. The van der Waals surface area contributed by atoms with Crippen LogP contribution in [0.25, 0.3) is 11.4 Å². The second kappa shape index (κ2) is 12.7. The molecule has 1 saturated heterocycles. The summed E-state index contributed by atoms with van der Waals surface area (Å²) in [4.78, 5) is 19.2. The molecule has 6 rings (SSSR count). The first kappa shape index (κ1) is 29.1. The van der Waals surface area contributed by atoms with E-state index in [0.29, 0.717) is 25.1 Å². The van der Waals surface area contributed by atoms with E-state index in [0.717, 1.165) is 75.4 Å². The molecule has 0 amide bonds. The fourth-order valence-electron chi connectivity index (χ4n) is 6.46. The van der Waals surface area contributed by atoms with Crippen LogP contribution in [0.5, 0.6) is 5.88 Å². The van der Waals surface area contributed by atoms with Crippen LogP contribution < -0.4 is 4.74 Å². The highest BCUT2D eigenvalue weighted by molar-refractivity contribution is 5.90. The molecule has 2 aliphatic heterocycles. The Morgan fingerprint density at radius 3 is 2.77 bits per heavy atom. The van der Waals surface area contributed by atoms with E-state index < -0.39 is 5.97 Å². The molecule has 43 heavy (non-hydrogen) atoms. The molecule has 226 valence electrons. The summed E-state index contributed by atoms with van der Waals surface area (Å²) in [7, 11) is 0. The predicted octanol–water partition coefficient (Wildman–Crippen LogP) is 5.53. The molecular weight excluding hydrogens is 544 g/mol. The first-order valence-electron chi connectivity index (χ1n) is 15.3. The number of benzene rings is 1. The lowest BCUT2D eigenvalue weighted by atomic mass is 9.93. The van der Waals surface area contributed by atoms with Gasteiger partial charge in [0.15, 0.2) is 5.82 Å². The minimum Gasteiger partial charge on any atom is -0.488 e. The molecular formula is C34H40N4O5. The van der Waals surface area contributed by atoms with Crippen molar-refractivity contribution in [2.24, 2.45) is 0 Å². The summed E-state index contributed by atoms with van der Waals surface area (Å²) in [6.07, 6.45) is 8.56. The van der Waals surface area contributed by atoms with Crippen molar-refractivity contribution in [2.45, 2.75) is 65.5 Å². The van der Waals surface area contributed by atoms with E-state index in [-0.39, 0.29) is 11.4 Å². The zero-order valence-corrected chi connectivity index (χ0v) is 25.3. The molecule has 2 aromatic heterocycles. The molecule has 1 atom stereocenters. The number of pyridine rings is 1. The number of ether oxygens (including phenoxy) is 3. The third kappa shape index (κ3) is 5.96. The van der Waals surface area contributed by atoms with Gasteiger partial charge in [0.25, 0.3) is 0 Å². The molecule has 9 heteroatoms. The number of hydrogen-bond acceptors (Lipinski definition) is 7. The maximum Gasteiger partial charge on any atom is 0.342 e. The molecule has 9 nitrogen and oxygen atoms in total. The third-order valence-corrected chi connectivity index (χ3v) is 8.88. The van der Waals surface area contributed by atoms with Crippen molar-refractivity contribution < 1.29 is 24.1 Å². The molecule has 1 aromatic carbocycles. The van der Waals surface area contributed by atoms with Gasteiger partial charge in [-0.15, -0.1) is 0 Å². The highest BCUT2D eigenvalue weighted by Crippen LogP contribution is 2.35. The van der Waals surface area contributed by atoms with Crippen molar-refractivity contribution in [1.82, 2.24) is 19.7 Å². The van der Waals surface area contributed by atoms with Gasteiger partial charge in [0.2, 0.25) is 5.88 Å². The Hall–Kier alpha value is -3.95. The van der Waals surface area contributed by atoms with Crippen molar-refractivity contribution in [3.63, 3.8) is 0 Å². The Labute approximate surface area is 252 Å². The summed E-state index contributed by atoms with van der Waals surface area (Å²) < 4.78 is 19.4. The third-order valence-electron chi connectivity index (χ3n) is 8.88. The van der Waals surface area contributed by atoms with Crippen LogP contribution in [-0.2, 0) is 28.9 Å². The number of carboxylic acid groups (broad SMARTS) is 1. The van der Waals surface area contributed by atoms with E-state index in [4.69, 9.17) is 19.2 Å². The van der Waals surface area contributed by atoms with Gasteiger partial charge in [0.05, 0.1) is 25.1 Å². The summed E-state index contributed by atoms with van der Waals surface area (Å²) in [5.41, 5.74) is 8.34. The second-order valence-corrected chi connectivity index (χ2v) is 11.5. The van der Waals surface area contributed by atoms with Gasteiger partial charge in [-0.2, -0.15) is 9.78 Å². The molecule has 0 bridgehead atoms. The van der Waals surface area contributed by atoms with Crippen molar-refractivity contribution in [2.75, 3.05) is 32.9 Å². The molecule has 0 saturated carbocycles. The van der Waals surface area contributed by atoms with E-state index in [1.54, 1.807) is 6.07 Å². The van der Waals surface area contributed by atoms with Crippen LogP contribution in [0.4, 0.5) is 0 Å². The quantitative estimate of drug-likeness (QED) is 0.351. The zero-order chi connectivity index (χ0) is 29.9. The predicted molar refractivity (Wildman–Crippen MR) is 164 cm³/mol. The lowest BCUT2D eigenvalue weighted by Crippen LogP contribution is -2.37. The number of carbonyl (C=O) groups is 1. The summed E-state index contributed by atoms with van der Waals surface area (Å²) in [6.45, 7) is 10.9. The van der Waals surface area contributed by atoms with Crippen LogP contribution in [0.2, 0.25) is 0 Å². The van der Waals surface area contributed by atoms with Crippen LogP contribution in [0, 0.1) is 6.92 Å². The first-order valence-corrected chi connectivity index (χ1v) is 15.3. The SMILES string of the molecule is CCOc1c(C(=O)O)cnn1-c1cccc(C2=CCCC(C)=C2OCc2ccc3c(c2C)CCN([C@@H]2CCOC2)CC3)n1. The number of aromatic nitrogens is 3. The number of hydrogen-bond donors (Lipinski definition) is 1. The Kier molecular flexibility index (Phi) is 8.63. The highest BCUT2D eigenvalue weighted by atomic mass is 16.5. The highest BCUT2D eigenvalue weighted by Gasteiger charge is 2.27. The van der Waals surface area contributed by atoms with Gasteiger partial charge in [0.1, 0.15) is 17.9 Å². The smallest absolute Gasteiger partial charge is 0.342 e. The summed E-state index contributed by atoms with van der Waals surface area (Å²) in [5.74, 6) is 0.411. The standard InChI is InChI=1S/C34H40N4O5/c1-4-42-33-29(34(39)40)19-35-38(33)31-10-6-9-30(36-31)28-8-5-7-22(2)32(28)43-20-25-12-11-24-13-16-37(26-15-18-41-21-26)17-14-27(24)23(25)3/h6,8-12,19,26H,4-5,7,13-18,20-21H2,1-3H3,(H,39,40)/t26-/m1/s1. The van der Waals surface area contributed by atoms with E-state index in [2.05, 4.69) is 42.1 Å². The topological polar surface area (TPSA) is 98.9 Å². The van der Waals surface area contributed by atoms with Crippen molar-refractivity contribution in [3.05, 3.63) is 87.4 Å². The van der Waals surface area contributed by atoms with Crippen molar-refractivity contribution in [1.29, 1.82) is 0 Å². The number of nitrogens with zero attached hydrogens (tertiary/aromatic N) is 4. The Balaban J connectivity index is 1.22. The Morgan fingerprint density at radius 2 is 1.98 bits per heavy atom. The fourth-order valence-corrected chi connectivity index (χ4v) is 6.46. The van der Waals surface area contributed by atoms with E-state index >= 15 is 0 Å². The number of carboxylic acids is 1. The van der Waals surface area contributed by atoms with E-state index in [1.807, 2.05) is 19.1 Å². The van der Waals surface area contributed by atoms with Crippen LogP contribution >= 0.6 is 0 Å². The summed E-state index contributed by atoms with van der Waals surface area (Å²) >= 11 is 0. The van der Waals surface area contributed by atoms with Gasteiger partial charge in [-0.25, -0.2) is 9.78 Å². The average molecular weight is 585 g/mol. The largest absolute Gasteiger partial charge is 0.488 e. The van der Waals surface area contributed by atoms with Gasteiger partial charge in [-0.3, -0.25) is 4.90 Å². The average Bonchev–Trinajstić information content (AvgIpc) is 3.64. The zero-order valence-electron chi connectivity index (χ0n) is 25.3. The molecule has 0 unspecified atom stereocenters. The first-order chi connectivity index (χ1) is 20.9. The van der Waals surface area contributed by atoms with Gasteiger partial charge >= 0.3 is 5.97 Å². The van der Waals surface area contributed by atoms with Crippen LogP contribution in [0.3, 0.4) is 0 Å². The van der Waals surface area contributed by atoms with Gasteiger partial charge in [-0.1, -0.05) is 24.3 Å². The maximum absolute atomic E-state index is 11.7. The number of fused-ring (bicyclic) bond motifs is 1.